The minimum atomic E-state index is -3.37. The first-order valence-corrected chi connectivity index (χ1v) is 7.90. The smallest absolute Gasteiger partial charge is 0.154 e. The van der Waals surface area contributed by atoms with Gasteiger partial charge in [0.25, 0.3) is 0 Å². The van der Waals surface area contributed by atoms with Crippen LogP contribution < -0.4 is 0 Å². The highest BCUT2D eigenvalue weighted by molar-refractivity contribution is 7.90. The van der Waals surface area contributed by atoms with Crippen LogP contribution in [0.1, 0.15) is 24.8 Å². The van der Waals surface area contributed by atoms with Crippen molar-refractivity contribution >= 4 is 21.4 Å². The van der Waals surface area contributed by atoms with Crippen molar-refractivity contribution in [1.82, 2.24) is 0 Å². The van der Waals surface area contributed by atoms with Crippen molar-refractivity contribution < 1.29 is 17.9 Å². The zero-order chi connectivity index (χ0) is 13.6. The molecule has 0 radical (unpaired) electrons. The molecule has 0 aliphatic heterocycles. The van der Waals surface area contributed by atoms with E-state index >= 15 is 0 Å². The van der Waals surface area contributed by atoms with Crippen molar-refractivity contribution in [3.63, 3.8) is 0 Å². The molecule has 0 unspecified atom stereocenters. The molecule has 0 atom stereocenters. The minimum absolute atomic E-state index is 0.0162. The summed E-state index contributed by atoms with van der Waals surface area (Å²) in [6.45, 7) is 0.0548. The van der Waals surface area contributed by atoms with Crippen LogP contribution in [0, 0.1) is 5.82 Å². The fourth-order valence-electron chi connectivity index (χ4n) is 1.57. The normalized spacial score (nSPS) is 11.7. The molecule has 0 heterocycles. The summed E-state index contributed by atoms with van der Waals surface area (Å²) >= 11 is 5.78. The van der Waals surface area contributed by atoms with Crippen molar-refractivity contribution in [1.29, 1.82) is 0 Å². The molecule has 0 fully saturated rings. The van der Waals surface area contributed by atoms with E-state index < -0.39 is 15.7 Å². The Bertz CT molecular complexity index is 468. The molecule has 0 aliphatic carbocycles. The van der Waals surface area contributed by atoms with Crippen molar-refractivity contribution in [3.05, 3.63) is 34.6 Å². The Kier molecular flexibility index (Phi) is 6.05. The Morgan fingerprint density at radius 2 is 1.94 bits per heavy atom. The summed E-state index contributed by atoms with van der Waals surface area (Å²) in [5, 5.41) is 8.72. The van der Waals surface area contributed by atoms with Crippen molar-refractivity contribution in [3.8, 4) is 0 Å². The van der Waals surface area contributed by atoms with Crippen LogP contribution in [-0.2, 0) is 15.6 Å². The molecule has 6 heteroatoms. The summed E-state index contributed by atoms with van der Waals surface area (Å²) in [5.74, 6) is -0.989. The second kappa shape index (κ2) is 7.07. The summed E-state index contributed by atoms with van der Waals surface area (Å²) in [4.78, 5) is 0. The number of hydrogen-bond donors (Lipinski definition) is 1. The summed E-state index contributed by atoms with van der Waals surface area (Å²) in [6, 6.07) is 4.11. The first-order chi connectivity index (χ1) is 8.46. The average molecular weight is 295 g/mol. The summed E-state index contributed by atoms with van der Waals surface area (Å²) in [7, 11) is -3.37. The van der Waals surface area contributed by atoms with Gasteiger partial charge in [-0.3, -0.25) is 0 Å². The summed E-state index contributed by atoms with van der Waals surface area (Å²) in [6.07, 6.45) is 1.69. The molecule has 0 saturated carbocycles. The van der Waals surface area contributed by atoms with Gasteiger partial charge in [0, 0.05) is 17.2 Å². The van der Waals surface area contributed by atoms with Crippen LogP contribution in [0.5, 0.6) is 0 Å². The Hall–Kier alpha value is -0.650. The lowest BCUT2D eigenvalue weighted by atomic mass is 10.2. The molecule has 1 N–H and O–H groups in total. The zero-order valence-corrected chi connectivity index (χ0v) is 11.5. The number of unbranched alkanes of at least 4 members (excludes halogenated alkanes) is 2. The molecule has 0 spiro atoms. The number of halogens is 2. The fraction of sp³-hybridized carbons (Fsp3) is 0.500. The highest BCUT2D eigenvalue weighted by Crippen LogP contribution is 2.22. The standard InChI is InChI=1S/C12H16ClFO3S/c13-11-5-4-6-12(14)10(11)9-18(16,17)8-3-1-2-7-15/h4-6,15H,1-3,7-9H2. The first kappa shape index (κ1) is 15.4. The molecule has 102 valence electrons. The lowest BCUT2D eigenvalue weighted by molar-refractivity contribution is 0.284. The van der Waals surface area contributed by atoms with E-state index in [9.17, 15) is 12.8 Å². The number of aliphatic hydroxyl groups is 1. The lowest BCUT2D eigenvalue weighted by Gasteiger charge is -2.07. The minimum Gasteiger partial charge on any atom is -0.396 e. The van der Waals surface area contributed by atoms with Gasteiger partial charge in [-0.15, -0.1) is 0 Å². The summed E-state index contributed by atoms with van der Waals surface area (Å²) in [5.41, 5.74) is 0.0290. The third kappa shape index (κ3) is 4.92. The van der Waals surface area contributed by atoms with E-state index in [4.69, 9.17) is 16.7 Å². The Labute approximate surface area is 112 Å². The predicted octanol–water partition coefficient (Wildman–Crippen LogP) is 2.56. The van der Waals surface area contributed by atoms with Gasteiger partial charge in [0.05, 0.1) is 11.5 Å². The van der Waals surface area contributed by atoms with Gasteiger partial charge in [0.15, 0.2) is 9.84 Å². The second-order valence-corrected chi connectivity index (χ2v) is 6.67. The molecule has 0 aliphatic rings. The van der Waals surface area contributed by atoms with Crippen LogP contribution >= 0.6 is 11.6 Å². The fourth-order valence-corrected chi connectivity index (χ4v) is 3.40. The van der Waals surface area contributed by atoms with Crippen molar-refractivity contribution in [2.75, 3.05) is 12.4 Å². The van der Waals surface area contributed by atoms with E-state index in [1.807, 2.05) is 0 Å². The number of sulfone groups is 1. The monoisotopic (exact) mass is 294 g/mol. The van der Waals surface area contributed by atoms with E-state index in [1.54, 1.807) is 0 Å². The number of rotatable bonds is 7. The molecule has 0 saturated heterocycles. The third-order valence-corrected chi connectivity index (χ3v) is 4.53. The van der Waals surface area contributed by atoms with Crippen LogP contribution in [0.4, 0.5) is 4.39 Å². The van der Waals surface area contributed by atoms with Gasteiger partial charge in [0.1, 0.15) is 5.82 Å². The Balaban J connectivity index is 2.65. The summed E-state index contributed by atoms with van der Waals surface area (Å²) < 4.78 is 37.0. The van der Waals surface area contributed by atoms with Crippen molar-refractivity contribution in [2.24, 2.45) is 0 Å². The Morgan fingerprint density at radius 3 is 2.56 bits per heavy atom. The van der Waals surface area contributed by atoms with Gasteiger partial charge in [0.2, 0.25) is 0 Å². The van der Waals surface area contributed by atoms with E-state index in [0.29, 0.717) is 19.3 Å². The third-order valence-electron chi connectivity index (χ3n) is 2.54. The maximum Gasteiger partial charge on any atom is 0.154 e. The Morgan fingerprint density at radius 1 is 1.22 bits per heavy atom. The van der Waals surface area contributed by atoms with E-state index in [1.165, 1.54) is 18.2 Å². The molecule has 1 aromatic rings. The molecule has 0 amide bonds. The molecule has 1 rings (SSSR count). The van der Waals surface area contributed by atoms with Crippen LogP contribution in [-0.4, -0.2) is 25.9 Å². The van der Waals surface area contributed by atoms with Crippen molar-refractivity contribution in [2.45, 2.75) is 25.0 Å². The molecule has 1 aromatic carbocycles. The highest BCUT2D eigenvalue weighted by atomic mass is 35.5. The molecule has 0 aromatic heterocycles. The number of aliphatic hydroxyl groups excluding tert-OH is 1. The maximum atomic E-state index is 13.4. The zero-order valence-electron chi connectivity index (χ0n) is 9.90. The van der Waals surface area contributed by atoms with Crippen LogP contribution in [0.2, 0.25) is 5.02 Å². The van der Waals surface area contributed by atoms with E-state index in [2.05, 4.69) is 0 Å². The van der Waals surface area contributed by atoms with Gasteiger partial charge >= 0.3 is 0 Å². The molecule has 3 nitrogen and oxygen atoms in total. The average Bonchev–Trinajstić information content (AvgIpc) is 2.30. The topological polar surface area (TPSA) is 54.4 Å². The van der Waals surface area contributed by atoms with E-state index in [-0.39, 0.29) is 28.7 Å². The molecule has 18 heavy (non-hydrogen) atoms. The van der Waals surface area contributed by atoms with Crippen LogP contribution in [0.3, 0.4) is 0 Å². The predicted molar refractivity (Wildman–Crippen MR) is 69.8 cm³/mol. The van der Waals surface area contributed by atoms with Gasteiger partial charge in [-0.2, -0.15) is 0 Å². The van der Waals surface area contributed by atoms with Gasteiger partial charge < -0.3 is 5.11 Å². The molecular formula is C12H16ClFO3S. The first-order valence-electron chi connectivity index (χ1n) is 5.70. The maximum absolute atomic E-state index is 13.4. The second-order valence-electron chi connectivity index (χ2n) is 4.08. The SMILES string of the molecule is O=S(=O)(CCCCCO)Cc1c(F)cccc1Cl. The van der Waals surface area contributed by atoms with Gasteiger partial charge in [-0.05, 0) is 25.0 Å². The highest BCUT2D eigenvalue weighted by Gasteiger charge is 2.17. The van der Waals surface area contributed by atoms with Gasteiger partial charge in [-0.1, -0.05) is 24.1 Å². The van der Waals surface area contributed by atoms with Crippen LogP contribution in [0.15, 0.2) is 18.2 Å². The quantitative estimate of drug-likeness (QED) is 0.786. The lowest BCUT2D eigenvalue weighted by Crippen LogP contribution is -2.11. The molecular weight excluding hydrogens is 279 g/mol. The number of benzene rings is 1. The van der Waals surface area contributed by atoms with Crippen LogP contribution in [0.25, 0.3) is 0 Å². The largest absolute Gasteiger partial charge is 0.396 e. The number of hydrogen-bond acceptors (Lipinski definition) is 3. The molecule has 0 bridgehead atoms. The van der Waals surface area contributed by atoms with E-state index in [0.717, 1.165) is 0 Å². The van der Waals surface area contributed by atoms with Gasteiger partial charge in [-0.25, -0.2) is 12.8 Å².